The number of carbonyl (C=O) groups is 2. The van der Waals surface area contributed by atoms with Gasteiger partial charge in [0.2, 0.25) is 0 Å². The van der Waals surface area contributed by atoms with Crippen molar-refractivity contribution in [2.75, 3.05) is 6.26 Å². The van der Waals surface area contributed by atoms with Gasteiger partial charge in [-0.2, -0.15) is 0 Å². The normalized spacial score (nSPS) is 10.2. The molecule has 9 heteroatoms. The van der Waals surface area contributed by atoms with E-state index in [0.29, 0.717) is 21.3 Å². The van der Waals surface area contributed by atoms with Crippen molar-refractivity contribution in [2.24, 2.45) is 0 Å². The van der Waals surface area contributed by atoms with E-state index in [-0.39, 0.29) is 10.0 Å². The highest BCUT2D eigenvalue weighted by Crippen LogP contribution is 2.37. The van der Waals surface area contributed by atoms with Crippen LogP contribution in [0, 0.1) is 5.82 Å². The first-order chi connectivity index (χ1) is 12.8. The van der Waals surface area contributed by atoms with Crippen LogP contribution in [0.25, 0.3) is 21.8 Å². The molecule has 0 radical (unpaired) electrons. The van der Waals surface area contributed by atoms with Gasteiger partial charge >= 0.3 is 0 Å². The Morgan fingerprint density at radius 3 is 1.89 bits per heavy atom. The van der Waals surface area contributed by atoms with Crippen LogP contribution in [-0.4, -0.2) is 33.2 Å². The number of nitrogens with zero attached hydrogens (tertiary/aromatic N) is 1. The number of halogens is 2. The van der Waals surface area contributed by atoms with Gasteiger partial charge in [-0.1, -0.05) is 23.7 Å². The molecule has 0 saturated heterocycles. The van der Waals surface area contributed by atoms with Gasteiger partial charge in [0.05, 0.1) is 0 Å². The zero-order chi connectivity index (χ0) is 20.6. The fraction of sp³-hybridized carbons (Fsp3) is 0.0556. The third kappa shape index (κ3) is 5.78. The van der Waals surface area contributed by atoms with E-state index in [4.69, 9.17) is 21.2 Å². The molecule has 0 atom stereocenters. The van der Waals surface area contributed by atoms with Gasteiger partial charge in [-0.25, -0.2) is 17.8 Å². The summed E-state index contributed by atoms with van der Waals surface area (Å²) in [4.78, 5) is 20.5. The average molecular weight is 428 g/mol. The van der Waals surface area contributed by atoms with E-state index in [9.17, 15) is 12.8 Å². The average Bonchev–Trinajstić information content (AvgIpc) is 3.12. The molecule has 0 aliphatic heterocycles. The van der Waals surface area contributed by atoms with Crippen molar-refractivity contribution in [1.82, 2.24) is 4.98 Å². The van der Waals surface area contributed by atoms with Crippen molar-refractivity contribution >= 4 is 46.4 Å². The maximum atomic E-state index is 13.1. The number of hydrogen-bond donors (Lipinski definition) is 0. The third-order valence-electron chi connectivity index (χ3n) is 3.14. The molecule has 3 aromatic rings. The molecule has 0 bridgehead atoms. The number of rotatable bonds is 3. The van der Waals surface area contributed by atoms with E-state index < -0.39 is 9.84 Å². The van der Waals surface area contributed by atoms with Crippen LogP contribution in [0.4, 0.5) is 4.39 Å². The van der Waals surface area contributed by atoms with E-state index in [1.165, 1.54) is 24.3 Å². The van der Waals surface area contributed by atoms with Crippen LogP contribution in [0.15, 0.2) is 52.7 Å². The Kier molecular flexibility index (Phi) is 8.42. The van der Waals surface area contributed by atoms with E-state index in [0.717, 1.165) is 23.2 Å². The quantitative estimate of drug-likeness (QED) is 0.622. The molecule has 0 N–H and O–H groups in total. The van der Waals surface area contributed by atoms with Gasteiger partial charge in [0.25, 0.3) is 0 Å². The summed E-state index contributed by atoms with van der Waals surface area (Å²) in [5.41, 5.74) is 1.67. The molecule has 5 nitrogen and oxygen atoms in total. The highest BCUT2D eigenvalue weighted by molar-refractivity contribution is 7.93. The van der Waals surface area contributed by atoms with Gasteiger partial charge in [0, 0.05) is 22.4 Å². The minimum Gasteiger partial charge on any atom is -0.307 e. The van der Waals surface area contributed by atoms with Crippen LogP contribution in [0.2, 0.25) is 5.02 Å². The molecule has 27 heavy (non-hydrogen) atoms. The van der Waals surface area contributed by atoms with E-state index in [1.54, 1.807) is 24.3 Å². The summed E-state index contributed by atoms with van der Waals surface area (Å²) in [7, 11) is -3.45. The molecule has 0 spiro atoms. The van der Waals surface area contributed by atoms with Crippen molar-refractivity contribution in [3.8, 4) is 21.8 Å². The highest BCUT2D eigenvalue weighted by Gasteiger charge is 2.22. The fourth-order valence-corrected chi connectivity index (χ4v) is 4.37. The molecular weight excluding hydrogens is 413 g/mol. The number of carbonyl (C=O) groups excluding carboxylic acids is 2. The number of benzene rings is 2. The Morgan fingerprint density at radius 1 is 0.926 bits per heavy atom. The molecule has 142 valence electrons. The van der Waals surface area contributed by atoms with Gasteiger partial charge in [0.15, 0.2) is 9.84 Å². The Balaban J connectivity index is 0.000000855. The van der Waals surface area contributed by atoms with Gasteiger partial charge in [-0.15, -0.1) is 11.3 Å². The van der Waals surface area contributed by atoms with Crippen molar-refractivity contribution in [3.63, 3.8) is 0 Å². The maximum Gasteiger partial charge on any atom is 0.187 e. The van der Waals surface area contributed by atoms with E-state index in [2.05, 4.69) is 4.98 Å². The summed E-state index contributed by atoms with van der Waals surface area (Å²) >= 11 is 6.96. The lowest BCUT2D eigenvalue weighted by Crippen LogP contribution is -1.96. The predicted octanol–water partition coefficient (Wildman–Crippen LogP) is 4.30. The first-order valence-electron chi connectivity index (χ1n) is 7.15. The molecule has 0 aliphatic carbocycles. The van der Waals surface area contributed by atoms with Crippen LogP contribution in [-0.2, 0) is 19.4 Å². The number of thiazole rings is 1. The summed E-state index contributed by atoms with van der Waals surface area (Å²) in [5, 5.41) is 1.16. The smallest absolute Gasteiger partial charge is 0.187 e. The Morgan fingerprint density at radius 2 is 1.41 bits per heavy atom. The second kappa shape index (κ2) is 10.1. The van der Waals surface area contributed by atoms with E-state index >= 15 is 0 Å². The van der Waals surface area contributed by atoms with Crippen molar-refractivity contribution < 1.29 is 22.4 Å². The van der Waals surface area contributed by atoms with E-state index in [1.807, 2.05) is 13.6 Å². The van der Waals surface area contributed by atoms with Gasteiger partial charge in [0.1, 0.15) is 34.3 Å². The first-order valence-corrected chi connectivity index (χ1v) is 10.2. The van der Waals surface area contributed by atoms with Gasteiger partial charge in [-0.05, 0) is 36.4 Å². The second-order valence-corrected chi connectivity index (χ2v) is 8.59. The first kappa shape index (κ1) is 22.6. The van der Waals surface area contributed by atoms with Gasteiger partial charge < -0.3 is 9.59 Å². The largest absolute Gasteiger partial charge is 0.307 e. The molecule has 0 saturated carbocycles. The zero-order valence-corrected chi connectivity index (χ0v) is 16.6. The van der Waals surface area contributed by atoms with Crippen molar-refractivity contribution in [2.45, 2.75) is 4.21 Å². The summed E-state index contributed by atoms with van der Waals surface area (Å²) in [5.74, 6) is -0.386. The SMILES string of the molecule is C=O.C=O.CS(=O)(=O)c1sc(-c2ccc(Cl)cc2)nc1-c1ccc(F)cc1. The number of sulfone groups is 1. The molecule has 0 amide bonds. The lowest BCUT2D eigenvalue weighted by Gasteiger charge is -2.00. The topological polar surface area (TPSA) is 81.2 Å². The maximum absolute atomic E-state index is 13.1. The summed E-state index contributed by atoms with van der Waals surface area (Å²) in [6.07, 6.45) is 1.14. The fourth-order valence-electron chi connectivity index (χ4n) is 2.06. The minimum atomic E-state index is -3.45. The Labute approximate surface area is 165 Å². The standard InChI is InChI=1S/C16H11ClFNO2S2.2CH2O/c1-23(20,21)16-14(10-4-8-13(18)9-5-10)19-15(22-16)11-2-6-12(17)7-3-11;2*1-2/h2-9H,1H3;2*1H2. The van der Waals surface area contributed by atoms with Crippen molar-refractivity contribution in [1.29, 1.82) is 0 Å². The Bertz CT molecular complexity index is 985. The zero-order valence-electron chi connectivity index (χ0n) is 14.2. The number of aromatic nitrogens is 1. The van der Waals surface area contributed by atoms with Crippen LogP contribution in [0.5, 0.6) is 0 Å². The molecule has 3 rings (SSSR count). The van der Waals surface area contributed by atoms with Crippen LogP contribution in [0.1, 0.15) is 0 Å². The molecule has 0 fully saturated rings. The number of hydrogen-bond acceptors (Lipinski definition) is 6. The predicted molar refractivity (Wildman–Crippen MR) is 105 cm³/mol. The lowest BCUT2D eigenvalue weighted by molar-refractivity contribution is -0.0987. The summed E-state index contributed by atoms with van der Waals surface area (Å²) in [6.45, 7) is 4.00. The van der Waals surface area contributed by atoms with Crippen LogP contribution < -0.4 is 0 Å². The van der Waals surface area contributed by atoms with Crippen LogP contribution in [0.3, 0.4) is 0 Å². The minimum absolute atomic E-state index is 0.161. The molecule has 1 heterocycles. The highest BCUT2D eigenvalue weighted by atomic mass is 35.5. The molecule has 1 aromatic heterocycles. The van der Waals surface area contributed by atoms with Gasteiger partial charge in [-0.3, -0.25) is 0 Å². The molecular formula is C18H15ClFNO4S2. The lowest BCUT2D eigenvalue weighted by atomic mass is 10.2. The summed E-state index contributed by atoms with van der Waals surface area (Å²) < 4.78 is 37.4. The summed E-state index contributed by atoms with van der Waals surface area (Å²) in [6, 6.07) is 12.6. The molecule has 0 unspecified atom stereocenters. The van der Waals surface area contributed by atoms with Crippen LogP contribution >= 0.6 is 22.9 Å². The Hall–Kier alpha value is -2.42. The molecule has 2 aromatic carbocycles. The monoisotopic (exact) mass is 427 g/mol. The third-order valence-corrected chi connectivity index (χ3v) is 6.32. The second-order valence-electron chi connectivity index (χ2n) is 4.94. The molecule has 0 aliphatic rings. The van der Waals surface area contributed by atoms with Crippen molar-refractivity contribution in [3.05, 3.63) is 59.4 Å².